The zero-order valence-electron chi connectivity index (χ0n) is 13.8. The second-order valence-corrected chi connectivity index (χ2v) is 6.11. The van der Waals surface area contributed by atoms with Crippen LogP contribution in [0.2, 0.25) is 0 Å². The van der Waals surface area contributed by atoms with Gasteiger partial charge in [0.2, 0.25) is 0 Å². The quantitative estimate of drug-likeness (QED) is 0.813. The summed E-state index contributed by atoms with van der Waals surface area (Å²) in [5, 5.41) is 11.9. The van der Waals surface area contributed by atoms with Crippen molar-refractivity contribution >= 4 is 11.9 Å². The highest BCUT2D eigenvalue weighted by molar-refractivity contribution is 5.97. The van der Waals surface area contributed by atoms with E-state index in [1.807, 2.05) is 30.3 Å². The standard InChI is InChI=1S/C19H21NO4/c1-19(2,18(22)23)12-13-20-17(21)15-10-6-7-11-16(15)24-14-8-4-3-5-9-14/h3-11H,12-13H2,1-2H3,(H,20,21)(H,22,23). The first kappa shape index (κ1) is 17.5. The van der Waals surface area contributed by atoms with E-state index in [4.69, 9.17) is 9.84 Å². The van der Waals surface area contributed by atoms with Gasteiger partial charge in [-0.05, 0) is 44.5 Å². The molecular formula is C19H21NO4. The van der Waals surface area contributed by atoms with Gasteiger partial charge < -0.3 is 15.2 Å². The molecule has 0 aliphatic rings. The number of rotatable bonds is 7. The van der Waals surface area contributed by atoms with Crippen molar-refractivity contribution in [3.8, 4) is 11.5 Å². The fraction of sp³-hybridized carbons (Fsp3) is 0.263. The molecule has 2 aromatic rings. The Hall–Kier alpha value is -2.82. The van der Waals surface area contributed by atoms with E-state index < -0.39 is 11.4 Å². The minimum absolute atomic E-state index is 0.276. The molecule has 0 aromatic heterocycles. The van der Waals surface area contributed by atoms with Crippen LogP contribution in [0.15, 0.2) is 54.6 Å². The lowest BCUT2D eigenvalue weighted by molar-refractivity contribution is -0.147. The second kappa shape index (κ2) is 7.64. The van der Waals surface area contributed by atoms with Gasteiger partial charge in [0.25, 0.3) is 5.91 Å². The van der Waals surface area contributed by atoms with E-state index in [1.165, 1.54) is 0 Å². The summed E-state index contributed by atoms with van der Waals surface area (Å²) in [5.41, 5.74) is -0.470. The number of aliphatic carboxylic acids is 1. The maximum Gasteiger partial charge on any atom is 0.309 e. The van der Waals surface area contributed by atoms with E-state index in [0.717, 1.165) is 0 Å². The average molecular weight is 327 g/mol. The van der Waals surface area contributed by atoms with Crippen LogP contribution in [0.1, 0.15) is 30.6 Å². The minimum Gasteiger partial charge on any atom is -0.481 e. The third-order valence-corrected chi connectivity index (χ3v) is 3.72. The molecule has 24 heavy (non-hydrogen) atoms. The molecule has 5 nitrogen and oxygen atoms in total. The number of hydrogen-bond donors (Lipinski definition) is 2. The van der Waals surface area contributed by atoms with Gasteiger partial charge >= 0.3 is 5.97 Å². The minimum atomic E-state index is -0.885. The zero-order valence-corrected chi connectivity index (χ0v) is 13.8. The Morgan fingerprint density at radius 3 is 2.33 bits per heavy atom. The molecular weight excluding hydrogens is 306 g/mol. The van der Waals surface area contributed by atoms with Crippen molar-refractivity contribution in [1.82, 2.24) is 5.32 Å². The molecule has 0 bridgehead atoms. The van der Waals surface area contributed by atoms with Crippen LogP contribution in [0.5, 0.6) is 11.5 Å². The first-order valence-corrected chi connectivity index (χ1v) is 7.74. The van der Waals surface area contributed by atoms with E-state index in [-0.39, 0.29) is 12.5 Å². The molecule has 0 saturated carbocycles. The Balaban J connectivity index is 2.03. The van der Waals surface area contributed by atoms with Crippen LogP contribution in [0, 0.1) is 5.41 Å². The lowest BCUT2D eigenvalue weighted by Crippen LogP contribution is -2.32. The third kappa shape index (κ3) is 4.59. The van der Waals surface area contributed by atoms with Crippen molar-refractivity contribution in [3.63, 3.8) is 0 Å². The molecule has 0 spiro atoms. The maximum absolute atomic E-state index is 12.4. The SMILES string of the molecule is CC(C)(CCNC(=O)c1ccccc1Oc1ccccc1)C(=O)O. The number of ether oxygens (including phenoxy) is 1. The molecule has 0 atom stereocenters. The molecule has 0 fully saturated rings. The number of benzene rings is 2. The summed E-state index contributed by atoms with van der Waals surface area (Å²) in [7, 11) is 0. The second-order valence-electron chi connectivity index (χ2n) is 6.11. The van der Waals surface area contributed by atoms with Crippen molar-refractivity contribution in [2.45, 2.75) is 20.3 Å². The fourth-order valence-corrected chi connectivity index (χ4v) is 2.05. The van der Waals surface area contributed by atoms with Gasteiger partial charge in [0.15, 0.2) is 0 Å². The maximum atomic E-state index is 12.4. The van der Waals surface area contributed by atoms with Crippen molar-refractivity contribution in [2.24, 2.45) is 5.41 Å². The topological polar surface area (TPSA) is 75.6 Å². The Morgan fingerprint density at radius 1 is 1.04 bits per heavy atom. The van der Waals surface area contributed by atoms with Crippen LogP contribution in [-0.2, 0) is 4.79 Å². The molecule has 0 saturated heterocycles. The van der Waals surface area contributed by atoms with E-state index in [0.29, 0.717) is 23.5 Å². The number of carboxylic acids is 1. The third-order valence-electron chi connectivity index (χ3n) is 3.72. The number of carboxylic acid groups (broad SMARTS) is 1. The first-order chi connectivity index (χ1) is 11.4. The smallest absolute Gasteiger partial charge is 0.309 e. The van der Waals surface area contributed by atoms with Crippen LogP contribution in [0.3, 0.4) is 0 Å². The molecule has 2 rings (SSSR count). The van der Waals surface area contributed by atoms with E-state index >= 15 is 0 Å². The van der Waals surface area contributed by atoms with Gasteiger partial charge in [-0.3, -0.25) is 9.59 Å². The van der Waals surface area contributed by atoms with Gasteiger partial charge in [0.05, 0.1) is 11.0 Å². The molecule has 5 heteroatoms. The number of hydrogen-bond acceptors (Lipinski definition) is 3. The predicted octanol–water partition coefficient (Wildman–Crippen LogP) is 3.71. The Bertz CT molecular complexity index is 710. The highest BCUT2D eigenvalue weighted by Gasteiger charge is 2.26. The van der Waals surface area contributed by atoms with Crippen LogP contribution in [-0.4, -0.2) is 23.5 Å². The van der Waals surface area contributed by atoms with Gasteiger partial charge in [0.1, 0.15) is 11.5 Å². The van der Waals surface area contributed by atoms with Gasteiger partial charge in [-0.2, -0.15) is 0 Å². The number of amides is 1. The molecule has 126 valence electrons. The number of nitrogens with one attached hydrogen (secondary N) is 1. The molecule has 0 aliphatic heterocycles. The molecule has 0 aliphatic carbocycles. The highest BCUT2D eigenvalue weighted by atomic mass is 16.5. The number of carbonyl (C=O) groups is 2. The largest absolute Gasteiger partial charge is 0.481 e. The van der Waals surface area contributed by atoms with Crippen molar-refractivity contribution in [3.05, 3.63) is 60.2 Å². The van der Waals surface area contributed by atoms with Crippen LogP contribution in [0.4, 0.5) is 0 Å². The zero-order chi connectivity index (χ0) is 17.6. The van der Waals surface area contributed by atoms with Crippen LogP contribution in [0.25, 0.3) is 0 Å². The van der Waals surface area contributed by atoms with Crippen molar-refractivity contribution < 1.29 is 19.4 Å². The molecule has 0 heterocycles. The van der Waals surface area contributed by atoms with Crippen LogP contribution < -0.4 is 10.1 Å². The molecule has 1 amide bonds. The van der Waals surface area contributed by atoms with E-state index in [1.54, 1.807) is 38.1 Å². The molecule has 0 radical (unpaired) electrons. The normalized spacial score (nSPS) is 10.9. The summed E-state index contributed by atoms with van der Waals surface area (Å²) >= 11 is 0. The van der Waals surface area contributed by atoms with Crippen molar-refractivity contribution in [2.75, 3.05) is 6.54 Å². The lowest BCUT2D eigenvalue weighted by Gasteiger charge is -2.19. The van der Waals surface area contributed by atoms with Gasteiger partial charge in [0, 0.05) is 6.54 Å². The molecule has 2 N–H and O–H groups in total. The summed E-state index contributed by atoms with van der Waals surface area (Å²) in [6.07, 6.45) is 0.343. The lowest BCUT2D eigenvalue weighted by atomic mass is 9.90. The Morgan fingerprint density at radius 2 is 1.67 bits per heavy atom. The van der Waals surface area contributed by atoms with Gasteiger partial charge in [-0.25, -0.2) is 0 Å². The monoisotopic (exact) mass is 327 g/mol. The summed E-state index contributed by atoms with van der Waals surface area (Å²) in [6.45, 7) is 3.54. The summed E-state index contributed by atoms with van der Waals surface area (Å²) in [6, 6.07) is 16.2. The highest BCUT2D eigenvalue weighted by Crippen LogP contribution is 2.25. The summed E-state index contributed by atoms with van der Waals surface area (Å²) in [4.78, 5) is 23.5. The number of para-hydroxylation sites is 2. The van der Waals surface area contributed by atoms with Crippen LogP contribution >= 0.6 is 0 Å². The Labute approximate surface area is 141 Å². The van der Waals surface area contributed by atoms with Crippen molar-refractivity contribution in [1.29, 1.82) is 0 Å². The van der Waals surface area contributed by atoms with E-state index in [2.05, 4.69) is 5.32 Å². The molecule has 0 unspecified atom stereocenters. The molecule has 2 aromatic carbocycles. The van der Waals surface area contributed by atoms with Gasteiger partial charge in [-0.1, -0.05) is 30.3 Å². The van der Waals surface area contributed by atoms with E-state index in [9.17, 15) is 9.59 Å². The predicted molar refractivity (Wildman–Crippen MR) is 91.3 cm³/mol. The fourth-order valence-electron chi connectivity index (χ4n) is 2.05. The first-order valence-electron chi connectivity index (χ1n) is 7.74. The Kier molecular flexibility index (Phi) is 5.58. The summed E-state index contributed by atoms with van der Waals surface area (Å²) < 4.78 is 5.76. The summed E-state index contributed by atoms with van der Waals surface area (Å²) in [5.74, 6) is -0.0734. The number of carbonyl (C=O) groups excluding carboxylic acids is 1. The van der Waals surface area contributed by atoms with Gasteiger partial charge in [-0.15, -0.1) is 0 Å². The average Bonchev–Trinajstić information content (AvgIpc) is 2.56.